The molecular weight excluding hydrogens is 249 g/mol. The summed E-state index contributed by atoms with van der Waals surface area (Å²) in [6, 6.07) is 21.4. The number of aromatic nitrogens is 1. The van der Waals surface area contributed by atoms with Crippen molar-refractivity contribution in [2.45, 2.75) is 6.92 Å². The second-order valence-corrected chi connectivity index (χ2v) is 6.81. The molecule has 0 fully saturated rings. The number of fused-ring (bicyclic) bond motifs is 1. The highest BCUT2D eigenvalue weighted by Gasteiger charge is 2.11. The average molecular weight is 265 g/mol. The molecule has 1 heterocycles. The minimum atomic E-state index is -0.345. The van der Waals surface area contributed by atoms with Crippen molar-refractivity contribution in [3.8, 4) is 0 Å². The third kappa shape index (κ3) is 2.39. The van der Waals surface area contributed by atoms with Crippen molar-refractivity contribution in [2.24, 2.45) is 0 Å². The fourth-order valence-corrected chi connectivity index (χ4v) is 3.99. The largest absolute Gasteiger partial charge is 0.252 e. The highest BCUT2D eigenvalue weighted by Crippen LogP contribution is 2.31. The predicted molar refractivity (Wildman–Crippen MR) is 85.0 cm³/mol. The zero-order valence-electron chi connectivity index (χ0n) is 11.2. The lowest BCUT2D eigenvalue weighted by Crippen LogP contribution is -2.12. The van der Waals surface area contributed by atoms with Gasteiger partial charge in [-0.05, 0) is 32.9 Å². The van der Waals surface area contributed by atoms with Crippen LogP contribution in [-0.4, -0.2) is 11.6 Å². The van der Waals surface area contributed by atoms with E-state index >= 15 is 0 Å². The summed E-state index contributed by atoms with van der Waals surface area (Å²) < 4.78 is 0. The normalized spacial score (nSPS) is 12.5. The summed E-state index contributed by atoms with van der Waals surface area (Å²) in [5.41, 5.74) is 2.23. The first-order chi connectivity index (χ1) is 9.25. The fraction of sp³-hybridized carbons (Fsp3) is 0.118. The van der Waals surface area contributed by atoms with E-state index in [0.29, 0.717) is 0 Å². The SMILES string of the molecule is Cc1ccc2cccc(P(C)c3ccccc3)c2n1. The van der Waals surface area contributed by atoms with E-state index in [1.165, 1.54) is 16.0 Å². The highest BCUT2D eigenvalue weighted by molar-refractivity contribution is 7.72. The maximum atomic E-state index is 4.74. The van der Waals surface area contributed by atoms with Crippen LogP contribution in [0.1, 0.15) is 5.69 Å². The second-order valence-electron chi connectivity index (χ2n) is 4.70. The van der Waals surface area contributed by atoms with Gasteiger partial charge in [0.15, 0.2) is 0 Å². The molecular formula is C17H16NP. The molecule has 0 aliphatic heterocycles. The van der Waals surface area contributed by atoms with Crippen molar-refractivity contribution < 1.29 is 0 Å². The van der Waals surface area contributed by atoms with Gasteiger partial charge in [-0.25, -0.2) is 0 Å². The van der Waals surface area contributed by atoms with Crippen molar-refractivity contribution in [3.05, 3.63) is 66.4 Å². The van der Waals surface area contributed by atoms with Crippen molar-refractivity contribution in [1.82, 2.24) is 4.98 Å². The van der Waals surface area contributed by atoms with Gasteiger partial charge in [0.05, 0.1) is 5.52 Å². The number of nitrogens with zero attached hydrogens (tertiary/aromatic N) is 1. The van der Waals surface area contributed by atoms with Crippen LogP contribution < -0.4 is 10.6 Å². The smallest absolute Gasteiger partial charge is 0.0785 e. The van der Waals surface area contributed by atoms with Gasteiger partial charge in [0.2, 0.25) is 0 Å². The van der Waals surface area contributed by atoms with E-state index in [-0.39, 0.29) is 7.92 Å². The van der Waals surface area contributed by atoms with Gasteiger partial charge < -0.3 is 0 Å². The molecule has 0 bridgehead atoms. The molecule has 3 rings (SSSR count). The first-order valence-corrected chi connectivity index (χ1v) is 8.20. The maximum absolute atomic E-state index is 4.74. The highest BCUT2D eigenvalue weighted by atomic mass is 31.1. The zero-order valence-corrected chi connectivity index (χ0v) is 12.1. The Balaban J connectivity index is 2.17. The standard InChI is InChI=1S/C17H16NP/c1-13-11-12-14-7-6-10-16(17(14)18-13)19(2)15-8-4-3-5-9-15/h3-12H,1-2H3. The van der Waals surface area contributed by atoms with E-state index in [4.69, 9.17) is 4.98 Å². The quantitative estimate of drug-likeness (QED) is 0.645. The van der Waals surface area contributed by atoms with Crippen molar-refractivity contribution in [3.63, 3.8) is 0 Å². The first kappa shape index (κ1) is 12.3. The average Bonchev–Trinajstić information content (AvgIpc) is 2.47. The maximum Gasteiger partial charge on any atom is 0.0785 e. The fourth-order valence-electron chi connectivity index (χ4n) is 2.29. The molecule has 0 radical (unpaired) electrons. The molecule has 1 aromatic heterocycles. The molecule has 94 valence electrons. The monoisotopic (exact) mass is 265 g/mol. The predicted octanol–water partition coefficient (Wildman–Crippen LogP) is 3.61. The zero-order chi connectivity index (χ0) is 13.2. The van der Waals surface area contributed by atoms with E-state index in [1.807, 2.05) is 0 Å². The van der Waals surface area contributed by atoms with Crippen LogP contribution in [0.5, 0.6) is 0 Å². The van der Waals surface area contributed by atoms with Crippen molar-refractivity contribution >= 4 is 29.4 Å². The number of hydrogen-bond donors (Lipinski definition) is 0. The van der Waals surface area contributed by atoms with E-state index < -0.39 is 0 Å². The number of hydrogen-bond acceptors (Lipinski definition) is 1. The Kier molecular flexibility index (Phi) is 3.31. The van der Waals surface area contributed by atoms with Crippen LogP contribution in [0.15, 0.2) is 60.7 Å². The molecule has 0 amide bonds. The van der Waals surface area contributed by atoms with Crippen LogP contribution in [0.4, 0.5) is 0 Å². The lowest BCUT2D eigenvalue weighted by atomic mass is 10.2. The third-order valence-electron chi connectivity index (χ3n) is 3.34. The minimum absolute atomic E-state index is 0.345. The molecule has 1 unspecified atom stereocenters. The molecule has 0 aliphatic rings. The lowest BCUT2D eigenvalue weighted by molar-refractivity contribution is 1.26. The molecule has 3 aromatic rings. The van der Waals surface area contributed by atoms with E-state index in [0.717, 1.165) is 11.2 Å². The Morgan fingerprint density at radius 3 is 2.42 bits per heavy atom. The summed E-state index contributed by atoms with van der Waals surface area (Å²) in [4.78, 5) is 4.74. The van der Waals surface area contributed by atoms with Gasteiger partial charge in [-0.3, -0.25) is 4.98 Å². The van der Waals surface area contributed by atoms with Crippen LogP contribution in [0, 0.1) is 6.92 Å². The Labute approximate surface area is 115 Å². The van der Waals surface area contributed by atoms with E-state index in [2.05, 4.69) is 74.3 Å². The third-order valence-corrected chi connectivity index (χ3v) is 5.50. The number of para-hydroxylation sites is 1. The van der Waals surface area contributed by atoms with Crippen LogP contribution in [0.25, 0.3) is 10.9 Å². The van der Waals surface area contributed by atoms with E-state index in [9.17, 15) is 0 Å². The summed E-state index contributed by atoms with van der Waals surface area (Å²) in [6.45, 7) is 4.36. The number of pyridine rings is 1. The van der Waals surface area contributed by atoms with Gasteiger partial charge >= 0.3 is 0 Å². The molecule has 0 aliphatic carbocycles. The molecule has 2 heteroatoms. The van der Waals surface area contributed by atoms with Gasteiger partial charge in [0.1, 0.15) is 0 Å². The Hall–Kier alpha value is -1.72. The molecule has 0 N–H and O–H groups in total. The van der Waals surface area contributed by atoms with Gasteiger partial charge in [0.25, 0.3) is 0 Å². The Morgan fingerprint density at radius 2 is 1.63 bits per heavy atom. The summed E-state index contributed by atoms with van der Waals surface area (Å²) in [5.74, 6) is 0. The number of aryl methyl sites for hydroxylation is 1. The first-order valence-electron chi connectivity index (χ1n) is 6.41. The Morgan fingerprint density at radius 1 is 0.842 bits per heavy atom. The Bertz CT molecular complexity index is 707. The van der Waals surface area contributed by atoms with Crippen LogP contribution >= 0.6 is 7.92 Å². The molecule has 2 aromatic carbocycles. The summed E-state index contributed by atoms with van der Waals surface area (Å²) in [5, 5.41) is 3.99. The van der Waals surface area contributed by atoms with Crippen LogP contribution in [0.3, 0.4) is 0 Å². The van der Waals surface area contributed by atoms with Crippen molar-refractivity contribution in [1.29, 1.82) is 0 Å². The summed E-state index contributed by atoms with van der Waals surface area (Å²) >= 11 is 0. The lowest BCUT2D eigenvalue weighted by Gasteiger charge is -2.15. The van der Waals surface area contributed by atoms with Crippen LogP contribution in [0.2, 0.25) is 0 Å². The van der Waals surface area contributed by atoms with Gasteiger partial charge in [-0.15, -0.1) is 0 Å². The number of rotatable bonds is 2. The molecule has 19 heavy (non-hydrogen) atoms. The van der Waals surface area contributed by atoms with Crippen LogP contribution in [-0.2, 0) is 0 Å². The second kappa shape index (κ2) is 5.11. The summed E-state index contributed by atoms with van der Waals surface area (Å²) in [6.07, 6.45) is 0. The minimum Gasteiger partial charge on any atom is -0.252 e. The molecule has 1 atom stereocenters. The van der Waals surface area contributed by atoms with Gasteiger partial charge in [-0.2, -0.15) is 0 Å². The summed E-state index contributed by atoms with van der Waals surface area (Å²) in [7, 11) is -0.345. The molecule has 0 saturated heterocycles. The van der Waals surface area contributed by atoms with Crippen molar-refractivity contribution in [2.75, 3.05) is 6.66 Å². The van der Waals surface area contributed by atoms with E-state index in [1.54, 1.807) is 0 Å². The van der Waals surface area contributed by atoms with Gasteiger partial charge in [0, 0.05) is 16.4 Å². The van der Waals surface area contributed by atoms with Gasteiger partial charge in [-0.1, -0.05) is 54.6 Å². The number of benzene rings is 2. The molecule has 0 saturated carbocycles. The topological polar surface area (TPSA) is 12.9 Å². The molecule has 1 nitrogen and oxygen atoms in total. The molecule has 0 spiro atoms.